The van der Waals surface area contributed by atoms with Gasteiger partial charge in [0.05, 0.1) is 0 Å². The quantitative estimate of drug-likeness (QED) is 0.543. The number of hydrogen-bond donors (Lipinski definition) is 3. The van der Waals surface area contributed by atoms with Gasteiger partial charge in [-0.2, -0.15) is 0 Å². The molecule has 4 aliphatic rings. The number of amides is 4. The molecule has 0 aromatic heterocycles. The lowest BCUT2D eigenvalue weighted by molar-refractivity contribution is -0.164. The highest BCUT2D eigenvalue weighted by atomic mass is 16.6. The van der Waals surface area contributed by atoms with Gasteiger partial charge in [0.2, 0.25) is 5.91 Å². The Kier molecular flexibility index (Phi) is 6.43. The lowest BCUT2D eigenvalue weighted by Crippen LogP contribution is -2.58. The fourth-order valence-corrected chi connectivity index (χ4v) is 6.06. The zero-order chi connectivity index (χ0) is 22.2. The van der Waals surface area contributed by atoms with Crippen molar-refractivity contribution in [2.45, 2.75) is 78.4 Å². The number of carbonyl (C=O) groups excluding carboxylic acids is 4. The standard InChI is InChI=1S/C22H35N3O5/c1-11(2)16(19(27)30-17(12(3)4)18(26)25-21(23)29)24-20(28)22-8-13-5-14(9-22)7-15(6-13)10-22/h11-17H,5-10H2,1-4H3,(H,24,28)(H3,23,25,26,29)/t13?,14?,15?,16-,17+,22?/m0/s1. The normalized spacial score (nSPS) is 31.3. The molecule has 4 bridgehead atoms. The van der Waals surface area contributed by atoms with Gasteiger partial charge < -0.3 is 15.8 Å². The van der Waals surface area contributed by atoms with Gasteiger partial charge >= 0.3 is 12.0 Å². The summed E-state index contributed by atoms with van der Waals surface area (Å²) in [5.74, 6) is -0.192. The van der Waals surface area contributed by atoms with Crippen LogP contribution in [0.1, 0.15) is 66.2 Å². The average molecular weight is 422 g/mol. The molecule has 8 nitrogen and oxygen atoms in total. The highest BCUT2D eigenvalue weighted by Gasteiger charge is 2.55. The van der Waals surface area contributed by atoms with Crippen molar-refractivity contribution in [2.24, 2.45) is 40.7 Å². The second-order valence-corrected chi connectivity index (χ2v) is 10.3. The molecular formula is C22H35N3O5. The topological polar surface area (TPSA) is 128 Å². The van der Waals surface area contributed by atoms with Crippen LogP contribution in [0.2, 0.25) is 0 Å². The Morgan fingerprint density at radius 1 is 0.900 bits per heavy atom. The lowest BCUT2D eigenvalue weighted by atomic mass is 9.49. The van der Waals surface area contributed by atoms with Gasteiger partial charge in [0.25, 0.3) is 5.91 Å². The van der Waals surface area contributed by atoms with Crippen LogP contribution in [0.4, 0.5) is 4.79 Å². The number of rotatable bonds is 7. The number of carbonyl (C=O) groups is 4. The van der Waals surface area contributed by atoms with E-state index in [1.165, 1.54) is 19.3 Å². The molecule has 2 atom stereocenters. The molecule has 0 aromatic rings. The van der Waals surface area contributed by atoms with Crippen molar-refractivity contribution >= 4 is 23.8 Å². The van der Waals surface area contributed by atoms with Crippen LogP contribution >= 0.6 is 0 Å². The van der Waals surface area contributed by atoms with Gasteiger partial charge in [-0.15, -0.1) is 0 Å². The van der Waals surface area contributed by atoms with Crippen LogP contribution in [-0.4, -0.2) is 36.0 Å². The zero-order valence-corrected chi connectivity index (χ0v) is 18.4. The van der Waals surface area contributed by atoms with E-state index in [0.717, 1.165) is 19.3 Å². The first kappa shape index (κ1) is 22.6. The molecule has 0 spiro atoms. The second kappa shape index (κ2) is 8.55. The summed E-state index contributed by atoms with van der Waals surface area (Å²) in [6, 6.07) is -1.86. The second-order valence-electron chi connectivity index (χ2n) is 10.3. The average Bonchev–Trinajstić information content (AvgIpc) is 2.61. The minimum Gasteiger partial charge on any atom is -0.450 e. The van der Waals surface area contributed by atoms with E-state index in [9.17, 15) is 19.2 Å². The van der Waals surface area contributed by atoms with Gasteiger partial charge in [0, 0.05) is 5.41 Å². The van der Waals surface area contributed by atoms with Crippen LogP contribution in [0.3, 0.4) is 0 Å². The van der Waals surface area contributed by atoms with Crippen molar-refractivity contribution in [2.75, 3.05) is 0 Å². The molecule has 4 fully saturated rings. The summed E-state index contributed by atoms with van der Waals surface area (Å²) in [7, 11) is 0. The van der Waals surface area contributed by atoms with Crippen molar-refractivity contribution < 1.29 is 23.9 Å². The number of hydrogen-bond acceptors (Lipinski definition) is 5. The van der Waals surface area contributed by atoms with Crippen molar-refractivity contribution in [3.63, 3.8) is 0 Å². The number of nitrogens with one attached hydrogen (secondary N) is 2. The zero-order valence-electron chi connectivity index (χ0n) is 18.4. The molecule has 0 aromatic carbocycles. The molecule has 0 aliphatic heterocycles. The van der Waals surface area contributed by atoms with E-state index in [1.807, 2.05) is 19.2 Å². The van der Waals surface area contributed by atoms with Crippen LogP contribution in [-0.2, 0) is 19.1 Å². The van der Waals surface area contributed by atoms with Crippen molar-refractivity contribution in [1.82, 2.24) is 10.6 Å². The largest absolute Gasteiger partial charge is 0.450 e. The number of nitrogens with two attached hydrogens (primary N) is 1. The third kappa shape index (κ3) is 4.62. The molecule has 0 heterocycles. The molecule has 4 amide bonds. The molecule has 4 N–H and O–H groups in total. The number of ether oxygens (including phenoxy) is 1. The molecule has 4 rings (SSSR count). The molecule has 4 saturated carbocycles. The first-order chi connectivity index (χ1) is 14.0. The van der Waals surface area contributed by atoms with Crippen molar-refractivity contribution in [3.05, 3.63) is 0 Å². The Labute approximate surface area is 178 Å². The maximum Gasteiger partial charge on any atom is 0.329 e. The van der Waals surface area contributed by atoms with Crippen molar-refractivity contribution in [1.29, 1.82) is 0 Å². The number of primary amides is 1. The SMILES string of the molecule is CC(C)[C@H](NC(=O)C12CC3CC(CC(C3)C1)C2)C(=O)O[C@@H](C(=O)NC(N)=O)C(C)C. The minimum atomic E-state index is -1.16. The number of urea groups is 1. The predicted octanol–water partition coefficient (Wildman–Crippen LogP) is 2.11. The van der Waals surface area contributed by atoms with Crippen LogP contribution in [0.15, 0.2) is 0 Å². The van der Waals surface area contributed by atoms with Gasteiger partial charge in [0.1, 0.15) is 6.04 Å². The third-order valence-electron chi connectivity index (χ3n) is 7.08. The van der Waals surface area contributed by atoms with Crippen LogP contribution in [0.5, 0.6) is 0 Å². The number of imide groups is 1. The lowest BCUT2D eigenvalue weighted by Gasteiger charge is -2.55. The van der Waals surface area contributed by atoms with Crippen LogP contribution < -0.4 is 16.4 Å². The summed E-state index contributed by atoms with van der Waals surface area (Å²) in [5, 5.41) is 4.92. The maximum atomic E-state index is 13.4. The third-order valence-corrected chi connectivity index (χ3v) is 7.08. The molecule has 30 heavy (non-hydrogen) atoms. The summed E-state index contributed by atoms with van der Waals surface area (Å²) >= 11 is 0. The fraction of sp³-hybridized carbons (Fsp3) is 0.818. The maximum absolute atomic E-state index is 13.4. The molecule has 8 heteroatoms. The van der Waals surface area contributed by atoms with Gasteiger partial charge in [-0.25, -0.2) is 9.59 Å². The van der Waals surface area contributed by atoms with Gasteiger partial charge in [-0.05, 0) is 68.1 Å². The molecule has 4 aliphatic carbocycles. The van der Waals surface area contributed by atoms with E-state index in [-0.39, 0.29) is 23.2 Å². The summed E-state index contributed by atoms with van der Waals surface area (Å²) in [5.41, 5.74) is 4.64. The molecular weight excluding hydrogens is 386 g/mol. The summed E-state index contributed by atoms with van der Waals surface area (Å²) in [6.45, 7) is 7.08. The summed E-state index contributed by atoms with van der Waals surface area (Å²) < 4.78 is 5.44. The summed E-state index contributed by atoms with van der Waals surface area (Å²) in [6.07, 6.45) is 5.23. The first-order valence-electron chi connectivity index (χ1n) is 11.1. The minimum absolute atomic E-state index is 0.0556. The van der Waals surface area contributed by atoms with Gasteiger partial charge in [0.15, 0.2) is 6.10 Å². The highest BCUT2D eigenvalue weighted by molar-refractivity contribution is 5.97. The molecule has 0 unspecified atom stereocenters. The number of esters is 1. The Morgan fingerprint density at radius 3 is 1.80 bits per heavy atom. The van der Waals surface area contributed by atoms with Crippen LogP contribution in [0.25, 0.3) is 0 Å². The fourth-order valence-electron chi connectivity index (χ4n) is 6.06. The van der Waals surface area contributed by atoms with Crippen LogP contribution in [0, 0.1) is 35.0 Å². The summed E-state index contributed by atoms with van der Waals surface area (Å²) in [4.78, 5) is 49.5. The van der Waals surface area contributed by atoms with E-state index in [4.69, 9.17) is 10.5 Å². The smallest absolute Gasteiger partial charge is 0.329 e. The Bertz CT molecular complexity index is 682. The van der Waals surface area contributed by atoms with E-state index in [0.29, 0.717) is 17.8 Å². The molecule has 0 radical (unpaired) electrons. The Morgan fingerprint density at radius 2 is 1.40 bits per heavy atom. The van der Waals surface area contributed by atoms with Crippen molar-refractivity contribution in [3.8, 4) is 0 Å². The van der Waals surface area contributed by atoms with E-state index >= 15 is 0 Å². The van der Waals surface area contributed by atoms with Gasteiger partial charge in [-0.1, -0.05) is 27.7 Å². The predicted molar refractivity (Wildman–Crippen MR) is 110 cm³/mol. The molecule has 0 saturated heterocycles. The monoisotopic (exact) mass is 421 g/mol. The Balaban J connectivity index is 1.69. The van der Waals surface area contributed by atoms with E-state index in [2.05, 4.69) is 5.32 Å². The molecule has 168 valence electrons. The first-order valence-corrected chi connectivity index (χ1v) is 11.1. The van der Waals surface area contributed by atoms with Gasteiger partial charge in [-0.3, -0.25) is 14.9 Å². The Hall–Kier alpha value is -2.12. The van der Waals surface area contributed by atoms with E-state index in [1.54, 1.807) is 13.8 Å². The highest BCUT2D eigenvalue weighted by Crippen LogP contribution is 2.60. The van der Waals surface area contributed by atoms with E-state index < -0.39 is 30.1 Å².